The molecule has 0 bridgehead atoms. The molecule has 0 aliphatic carbocycles. The van der Waals surface area contributed by atoms with Gasteiger partial charge in [-0.1, -0.05) is 0 Å². The third kappa shape index (κ3) is 130. The van der Waals surface area contributed by atoms with E-state index in [0.717, 1.165) is 22.8 Å². The number of carbonyl (C=O) groups excluding carboxylic acids is 1. The van der Waals surface area contributed by atoms with Gasteiger partial charge in [0.1, 0.15) is 0 Å². The molecule has 6 nitrogen and oxygen atoms in total. The molecular weight excluding hydrogens is 223 g/mol. The van der Waals surface area contributed by atoms with Gasteiger partial charge in [0, 0.05) is 0 Å². The molecule has 1 amide bonds. The Balaban J connectivity index is -0.0000000183. The summed E-state index contributed by atoms with van der Waals surface area (Å²) in [5.74, 6) is 0. The Morgan fingerprint density at radius 2 is 1.62 bits per heavy atom. The predicted octanol–water partition coefficient (Wildman–Crippen LogP) is -3.77. The van der Waals surface area contributed by atoms with Crippen molar-refractivity contribution in [3.8, 4) is 0 Å². The predicted molar refractivity (Wildman–Crippen MR) is 29.6 cm³/mol. The summed E-state index contributed by atoms with van der Waals surface area (Å²) < 4.78 is 4.63. The van der Waals surface area contributed by atoms with Crippen LogP contribution in [0.2, 0.25) is 0 Å². The number of nitrogens with two attached hydrogens (primary N) is 1. The van der Waals surface area contributed by atoms with E-state index in [4.69, 9.17) is 10.0 Å². The summed E-state index contributed by atoms with van der Waals surface area (Å²) >= 11 is 0.850. The second kappa shape index (κ2) is 59.7. The SMILES string of the molecule is O.O.O=CNO.[NH2][SnH]. The maximum atomic E-state index is 8.81. The fraction of sp³-hybridized carbons (Fsp3) is 0. The van der Waals surface area contributed by atoms with E-state index in [1.165, 1.54) is 5.48 Å². The molecule has 0 saturated carbocycles. The van der Waals surface area contributed by atoms with Crippen molar-refractivity contribution >= 4 is 29.2 Å². The van der Waals surface area contributed by atoms with E-state index < -0.39 is 0 Å². The van der Waals surface area contributed by atoms with Gasteiger partial charge >= 0.3 is 26.8 Å². The molecule has 0 fully saturated rings. The topological polar surface area (TPSA) is 138 Å². The van der Waals surface area contributed by atoms with E-state index in [0.29, 0.717) is 0 Å². The maximum absolute atomic E-state index is 8.81. The van der Waals surface area contributed by atoms with Gasteiger partial charge in [-0.25, -0.2) is 5.48 Å². The van der Waals surface area contributed by atoms with Crippen LogP contribution in [0.3, 0.4) is 0 Å². The molecule has 52 valence electrons. The summed E-state index contributed by atoms with van der Waals surface area (Å²) in [6.45, 7) is 0. The summed E-state index contributed by atoms with van der Waals surface area (Å²) in [7, 11) is 0. The summed E-state index contributed by atoms with van der Waals surface area (Å²) in [6, 6.07) is 0. The molecule has 0 spiro atoms. The molecule has 2 radical (unpaired) electrons. The molecule has 0 rings (SSSR count). The van der Waals surface area contributed by atoms with E-state index in [9.17, 15) is 0 Å². The normalized spacial score (nSPS) is 3.38. The average molecular weight is 233 g/mol. The Morgan fingerprint density at radius 1 is 1.50 bits per heavy atom. The molecule has 0 aromatic rings. The van der Waals surface area contributed by atoms with Gasteiger partial charge < -0.3 is 11.0 Å². The van der Waals surface area contributed by atoms with E-state index in [2.05, 4.69) is 3.96 Å². The molecule has 8 N–H and O–H groups in total. The van der Waals surface area contributed by atoms with Crippen molar-refractivity contribution in [3.05, 3.63) is 0 Å². The third-order valence-electron chi connectivity index (χ3n) is 0.0527. The Labute approximate surface area is 60.1 Å². The number of hydrogen-bond acceptors (Lipinski definition) is 3. The van der Waals surface area contributed by atoms with Crippen molar-refractivity contribution in [2.75, 3.05) is 0 Å². The Morgan fingerprint density at radius 3 is 1.62 bits per heavy atom. The van der Waals surface area contributed by atoms with Gasteiger partial charge in [-0.2, -0.15) is 0 Å². The Hall–Kier alpha value is 0.109. The second-order valence-electron chi connectivity index (χ2n) is 0.247. The zero-order chi connectivity index (χ0) is 5.41. The Bertz CT molecular complexity index is 28.0. The summed E-state index contributed by atoms with van der Waals surface area (Å²) in [4.78, 5) is 8.81. The number of carbonyl (C=O) groups is 1. The zero-order valence-electron chi connectivity index (χ0n) is 4.09. The van der Waals surface area contributed by atoms with Crippen LogP contribution in [0.1, 0.15) is 0 Å². The number of hydroxylamine groups is 1. The minimum absolute atomic E-state index is 0. The first-order valence-electron chi connectivity index (χ1n) is 1.08. The van der Waals surface area contributed by atoms with Crippen molar-refractivity contribution < 1.29 is 21.0 Å². The first-order valence-corrected chi connectivity index (χ1v) is 2.98. The molecule has 0 heterocycles. The summed E-state index contributed by atoms with van der Waals surface area (Å²) in [5, 5.41) is 7.26. The van der Waals surface area contributed by atoms with Gasteiger partial charge in [-0.3, -0.25) is 10.0 Å². The molecular formula is CH10N2O4Sn. The van der Waals surface area contributed by atoms with E-state index in [1.807, 2.05) is 0 Å². The number of amides is 1. The molecule has 0 aliphatic heterocycles. The first-order chi connectivity index (χ1) is 2.91. The number of rotatable bonds is 1. The van der Waals surface area contributed by atoms with Crippen molar-refractivity contribution in [2.45, 2.75) is 0 Å². The van der Waals surface area contributed by atoms with Crippen LogP contribution in [0.5, 0.6) is 0 Å². The average Bonchev–Trinajstić information content (AvgIpc) is 1.72. The van der Waals surface area contributed by atoms with Gasteiger partial charge in [0.2, 0.25) is 6.41 Å². The van der Waals surface area contributed by atoms with Crippen LogP contribution in [0, 0.1) is 0 Å². The molecule has 0 aliphatic rings. The monoisotopic (exact) mass is 234 g/mol. The van der Waals surface area contributed by atoms with Crippen molar-refractivity contribution in [1.82, 2.24) is 5.48 Å². The zero-order valence-corrected chi connectivity index (χ0v) is 7.38. The molecule has 0 saturated heterocycles. The first kappa shape index (κ1) is 24.3. The molecule has 8 heavy (non-hydrogen) atoms. The van der Waals surface area contributed by atoms with E-state index in [1.54, 1.807) is 0 Å². The van der Waals surface area contributed by atoms with Crippen molar-refractivity contribution in [3.63, 3.8) is 0 Å². The van der Waals surface area contributed by atoms with Gasteiger partial charge in [0.15, 0.2) is 0 Å². The van der Waals surface area contributed by atoms with Gasteiger partial charge in [-0.05, 0) is 0 Å². The van der Waals surface area contributed by atoms with Crippen LogP contribution in [0.25, 0.3) is 0 Å². The summed E-state index contributed by atoms with van der Waals surface area (Å²) in [6.07, 6.45) is 0.181. The fourth-order valence-electron chi connectivity index (χ4n) is 0. The van der Waals surface area contributed by atoms with Crippen molar-refractivity contribution in [1.29, 1.82) is 0 Å². The molecule has 0 aromatic carbocycles. The fourth-order valence-corrected chi connectivity index (χ4v) is 0. The van der Waals surface area contributed by atoms with Gasteiger partial charge in [0.05, 0.1) is 0 Å². The van der Waals surface area contributed by atoms with Crippen LogP contribution in [0.15, 0.2) is 0 Å². The minimum atomic E-state index is 0. The quantitative estimate of drug-likeness (QED) is 0.185. The van der Waals surface area contributed by atoms with Gasteiger partial charge in [-0.15, -0.1) is 0 Å². The number of hydrogen-bond donors (Lipinski definition) is 3. The van der Waals surface area contributed by atoms with E-state index in [-0.39, 0.29) is 17.4 Å². The van der Waals surface area contributed by atoms with Crippen LogP contribution < -0.4 is 9.44 Å². The standard InChI is InChI=1S/CH3NO2.H2N.2H2O.Sn.H/c3-1-2-4;;;;;/h1,4H,(H,2,3);3*1H2;;/q;-1;;;+1;. The van der Waals surface area contributed by atoms with Crippen LogP contribution in [-0.4, -0.2) is 45.4 Å². The second-order valence-corrected chi connectivity index (χ2v) is 0.247. The molecule has 0 aromatic heterocycles. The van der Waals surface area contributed by atoms with Crippen LogP contribution in [0.4, 0.5) is 0 Å². The molecule has 0 atom stereocenters. The van der Waals surface area contributed by atoms with Crippen LogP contribution >= 0.6 is 0 Å². The van der Waals surface area contributed by atoms with Gasteiger partial charge in [0.25, 0.3) is 0 Å². The number of nitrogens with one attached hydrogen (secondary N) is 1. The van der Waals surface area contributed by atoms with Crippen molar-refractivity contribution in [2.24, 2.45) is 3.96 Å². The Kier molecular flexibility index (Phi) is 181. The molecule has 0 unspecified atom stereocenters. The third-order valence-corrected chi connectivity index (χ3v) is 0.0527. The summed E-state index contributed by atoms with van der Waals surface area (Å²) in [5.41, 5.74) is 1.25. The molecule has 7 heteroatoms. The van der Waals surface area contributed by atoms with E-state index >= 15 is 0 Å². The van der Waals surface area contributed by atoms with Crippen LogP contribution in [-0.2, 0) is 4.79 Å².